The van der Waals surface area contributed by atoms with E-state index in [0.717, 1.165) is 31.0 Å². The second kappa shape index (κ2) is 6.04. The maximum atomic E-state index is 10.5. The molecule has 1 unspecified atom stereocenters. The molecule has 1 saturated carbocycles. The number of aliphatic hydroxyl groups excluding tert-OH is 3. The third kappa shape index (κ3) is 2.40. The number of aliphatic hydroxyl groups is 3. The smallest absolute Gasteiger partial charge is 0.206 e. The predicted octanol–water partition coefficient (Wildman–Crippen LogP) is 1.83. The summed E-state index contributed by atoms with van der Waals surface area (Å²) in [6, 6.07) is 3.11. The number of fused-ring (bicyclic) bond motifs is 1. The Morgan fingerprint density at radius 1 is 1.12 bits per heavy atom. The molecule has 1 aromatic carbocycles. The van der Waals surface area contributed by atoms with E-state index in [1.807, 2.05) is 4.57 Å². The number of aromatic nitrogens is 2. The van der Waals surface area contributed by atoms with Crippen LogP contribution in [-0.2, 0) is 0 Å². The van der Waals surface area contributed by atoms with E-state index in [9.17, 15) is 15.3 Å². The SMILES string of the molecule is OC[C@@H]1CC(n2c(N3CCC3)nc3cc(Cl)c(Cl)cc32)[C@@H](O)[C@H]1O. The lowest BCUT2D eigenvalue weighted by molar-refractivity contribution is -0.00354. The van der Waals surface area contributed by atoms with Crippen LogP contribution in [0, 0.1) is 5.92 Å². The zero-order valence-corrected chi connectivity index (χ0v) is 14.5. The molecule has 2 fully saturated rings. The van der Waals surface area contributed by atoms with Gasteiger partial charge in [0.05, 0.1) is 33.2 Å². The number of imidazole rings is 1. The van der Waals surface area contributed by atoms with Crippen LogP contribution in [-0.4, -0.2) is 56.8 Å². The van der Waals surface area contributed by atoms with Crippen LogP contribution < -0.4 is 4.90 Å². The highest BCUT2D eigenvalue weighted by atomic mass is 35.5. The summed E-state index contributed by atoms with van der Waals surface area (Å²) in [5.41, 5.74) is 1.49. The molecule has 130 valence electrons. The van der Waals surface area contributed by atoms with Crippen LogP contribution >= 0.6 is 23.2 Å². The van der Waals surface area contributed by atoms with E-state index < -0.39 is 12.2 Å². The lowest BCUT2D eigenvalue weighted by Crippen LogP contribution is -2.40. The van der Waals surface area contributed by atoms with E-state index in [1.165, 1.54) is 0 Å². The van der Waals surface area contributed by atoms with E-state index in [4.69, 9.17) is 23.2 Å². The summed E-state index contributed by atoms with van der Waals surface area (Å²) in [7, 11) is 0. The Morgan fingerprint density at radius 2 is 1.83 bits per heavy atom. The Morgan fingerprint density at radius 3 is 2.42 bits per heavy atom. The molecule has 0 amide bonds. The maximum absolute atomic E-state index is 10.5. The first kappa shape index (κ1) is 16.4. The first-order valence-corrected chi connectivity index (χ1v) is 8.85. The molecule has 8 heteroatoms. The van der Waals surface area contributed by atoms with Crippen molar-refractivity contribution in [1.82, 2.24) is 9.55 Å². The number of halogens is 2. The minimum absolute atomic E-state index is 0.160. The Balaban J connectivity index is 1.87. The number of nitrogens with zero attached hydrogens (tertiary/aromatic N) is 3. The first-order valence-electron chi connectivity index (χ1n) is 8.10. The molecule has 4 rings (SSSR count). The number of benzene rings is 1. The van der Waals surface area contributed by atoms with Crippen LogP contribution in [0.25, 0.3) is 11.0 Å². The summed E-state index contributed by atoms with van der Waals surface area (Å²) in [5.74, 6) is 0.402. The van der Waals surface area contributed by atoms with Crippen molar-refractivity contribution in [1.29, 1.82) is 0 Å². The largest absolute Gasteiger partial charge is 0.396 e. The van der Waals surface area contributed by atoms with E-state index in [0.29, 0.717) is 22.0 Å². The average Bonchev–Trinajstić information content (AvgIpc) is 2.97. The summed E-state index contributed by atoms with van der Waals surface area (Å²) in [4.78, 5) is 6.81. The molecular weight excluding hydrogens is 353 g/mol. The molecule has 1 aliphatic carbocycles. The molecule has 1 saturated heterocycles. The molecule has 2 aliphatic rings. The summed E-state index contributed by atoms with van der Waals surface area (Å²) < 4.78 is 1.94. The highest BCUT2D eigenvalue weighted by Crippen LogP contribution is 2.41. The molecule has 3 N–H and O–H groups in total. The minimum Gasteiger partial charge on any atom is -0.396 e. The Bertz CT molecular complexity index is 778. The van der Waals surface area contributed by atoms with Gasteiger partial charge in [0.25, 0.3) is 0 Å². The van der Waals surface area contributed by atoms with Crippen molar-refractivity contribution in [3.63, 3.8) is 0 Å². The van der Waals surface area contributed by atoms with Crippen LogP contribution in [0.4, 0.5) is 5.95 Å². The number of hydrogen-bond acceptors (Lipinski definition) is 5. The molecule has 0 bridgehead atoms. The van der Waals surface area contributed by atoms with Gasteiger partial charge in [-0.25, -0.2) is 4.98 Å². The zero-order valence-electron chi connectivity index (χ0n) is 12.9. The van der Waals surface area contributed by atoms with Crippen molar-refractivity contribution in [2.45, 2.75) is 31.1 Å². The number of hydrogen-bond donors (Lipinski definition) is 3. The van der Waals surface area contributed by atoms with E-state index >= 15 is 0 Å². The van der Waals surface area contributed by atoms with Gasteiger partial charge >= 0.3 is 0 Å². The monoisotopic (exact) mass is 371 g/mol. The van der Waals surface area contributed by atoms with Gasteiger partial charge in [-0.2, -0.15) is 0 Å². The van der Waals surface area contributed by atoms with E-state index in [2.05, 4.69) is 9.88 Å². The minimum atomic E-state index is -0.964. The van der Waals surface area contributed by atoms with Crippen molar-refractivity contribution < 1.29 is 15.3 Å². The Hall–Kier alpha value is -1.05. The quantitative estimate of drug-likeness (QED) is 0.766. The summed E-state index contributed by atoms with van der Waals surface area (Å²) in [6.07, 6.45) is -0.343. The lowest BCUT2D eigenvalue weighted by Gasteiger charge is -2.34. The van der Waals surface area contributed by atoms with Crippen LogP contribution in [0.2, 0.25) is 10.0 Å². The van der Waals surface area contributed by atoms with Gasteiger partial charge in [-0.3, -0.25) is 0 Å². The van der Waals surface area contributed by atoms with Crippen LogP contribution in [0.1, 0.15) is 18.9 Å². The van der Waals surface area contributed by atoms with Crippen LogP contribution in [0.15, 0.2) is 12.1 Å². The van der Waals surface area contributed by atoms with Gasteiger partial charge in [-0.1, -0.05) is 23.2 Å². The van der Waals surface area contributed by atoms with Crippen molar-refractivity contribution >= 4 is 40.2 Å². The van der Waals surface area contributed by atoms with Crippen molar-refractivity contribution in [2.75, 3.05) is 24.6 Å². The fourth-order valence-corrected chi connectivity index (χ4v) is 4.00. The summed E-state index contributed by atoms with van der Waals surface area (Å²) >= 11 is 12.3. The summed E-state index contributed by atoms with van der Waals surface area (Å²) in [6.45, 7) is 1.64. The second-order valence-electron chi connectivity index (χ2n) is 6.60. The average molecular weight is 372 g/mol. The second-order valence-corrected chi connectivity index (χ2v) is 7.42. The molecule has 0 spiro atoms. The van der Waals surface area contributed by atoms with Crippen LogP contribution in [0.3, 0.4) is 0 Å². The summed E-state index contributed by atoms with van der Waals surface area (Å²) in [5, 5.41) is 31.0. The van der Waals surface area contributed by atoms with E-state index in [-0.39, 0.29) is 18.6 Å². The predicted molar refractivity (Wildman–Crippen MR) is 92.8 cm³/mol. The number of anilines is 1. The lowest BCUT2D eigenvalue weighted by atomic mass is 10.1. The van der Waals surface area contributed by atoms with Crippen LogP contribution in [0.5, 0.6) is 0 Å². The normalized spacial score (nSPS) is 30.1. The highest BCUT2D eigenvalue weighted by molar-refractivity contribution is 6.42. The molecule has 6 nitrogen and oxygen atoms in total. The maximum Gasteiger partial charge on any atom is 0.206 e. The molecule has 2 heterocycles. The van der Waals surface area contributed by atoms with Gasteiger partial charge in [0, 0.05) is 25.6 Å². The molecule has 1 aliphatic heterocycles. The Labute approximate surface area is 149 Å². The zero-order chi connectivity index (χ0) is 17.0. The standard InChI is InChI=1S/C16H19Cl2N3O3/c17-9-5-11-12(6-10(9)18)21(16(19-11)20-2-1-3-20)13-4-8(7-22)14(23)15(13)24/h5-6,8,13-15,22-24H,1-4,7H2/t8-,13?,14-,15+/m0/s1. The van der Waals surface area contributed by atoms with Gasteiger partial charge in [0.2, 0.25) is 5.95 Å². The molecule has 1 aromatic heterocycles. The van der Waals surface area contributed by atoms with Crippen molar-refractivity contribution in [2.24, 2.45) is 5.92 Å². The molecule has 24 heavy (non-hydrogen) atoms. The first-order chi connectivity index (χ1) is 11.5. The fourth-order valence-electron chi connectivity index (χ4n) is 3.68. The van der Waals surface area contributed by atoms with Gasteiger partial charge in [-0.15, -0.1) is 0 Å². The Kier molecular flexibility index (Phi) is 4.13. The molecule has 0 radical (unpaired) electrons. The third-order valence-corrected chi connectivity index (χ3v) is 5.91. The molecule has 4 atom stereocenters. The van der Waals surface area contributed by atoms with Gasteiger partial charge < -0.3 is 24.8 Å². The highest BCUT2D eigenvalue weighted by Gasteiger charge is 2.44. The van der Waals surface area contributed by atoms with Crippen molar-refractivity contribution in [3.05, 3.63) is 22.2 Å². The molecule has 2 aromatic rings. The molecular formula is C16H19Cl2N3O3. The van der Waals surface area contributed by atoms with Gasteiger partial charge in [-0.05, 0) is 25.0 Å². The van der Waals surface area contributed by atoms with Gasteiger partial charge in [0.1, 0.15) is 6.10 Å². The van der Waals surface area contributed by atoms with Crippen molar-refractivity contribution in [3.8, 4) is 0 Å². The van der Waals surface area contributed by atoms with E-state index in [1.54, 1.807) is 12.1 Å². The number of rotatable bonds is 3. The fraction of sp³-hybridized carbons (Fsp3) is 0.562. The third-order valence-electron chi connectivity index (χ3n) is 5.19. The topological polar surface area (TPSA) is 81.8 Å². The van der Waals surface area contributed by atoms with Gasteiger partial charge in [0.15, 0.2) is 0 Å².